The molecule has 1 heterocycles. The molecule has 0 atom stereocenters. The minimum absolute atomic E-state index is 0.592. The molecule has 1 aromatic carbocycles. The number of hydrogen-bond acceptors (Lipinski definition) is 5. The molecular formula is C11H13N3OS. The topological polar surface area (TPSA) is 47.0 Å². The Labute approximate surface area is 98.5 Å². The van der Waals surface area contributed by atoms with Crippen molar-refractivity contribution in [1.29, 1.82) is 0 Å². The van der Waals surface area contributed by atoms with E-state index < -0.39 is 0 Å². The lowest BCUT2D eigenvalue weighted by molar-refractivity contribution is 0.477. The Morgan fingerprint density at radius 1 is 1.31 bits per heavy atom. The highest BCUT2D eigenvalue weighted by atomic mass is 32.1. The van der Waals surface area contributed by atoms with Gasteiger partial charge in [-0.3, -0.25) is 0 Å². The highest BCUT2D eigenvalue weighted by molar-refractivity contribution is 7.07. The summed E-state index contributed by atoms with van der Waals surface area (Å²) < 4.78 is 9.74. The van der Waals surface area contributed by atoms with E-state index in [0.29, 0.717) is 5.19 Å². The number of aryl methyl sites for hydroxylation is 1. The van der Waals surface area contributed by atoms with Gasteiger partial charge in [-0.05, 0) is 24.3 Å². The molecule has 0 amide bonds. The average molecular weight is 235 g/mol. The zero-order valence-corrected chi connectivity index (χ0v) is 10.0. The maximum Gasteiger partial charge on any atom is 0.298 e. The number of rotatable bonds is 4. The molecule has 0 aliphatic heterocycles. The van der Waals surface area contributed by atoms with Crippen LogP contribution < -0.4 is 10.1 Å². The Morgan fingerprint density at radius 2 is 2.06 bits per heavy atom. The van der Waals surface area contributed by atoms with E-state index in [-0.39, 0.29) is 0 Å². The largest absolute Gasteiger partial charge is 0.430 e. The van der Waals surface area contributed by atoms with E-state index in [1.807, 2.05) is 38.2 Å². The second-order valence-corrected chi connectivity index (χ2v) is 3.92. The van der Waals surface area contributed by atoms with E-state index in [4.69, 9.17) is 4.74 Å². The molecule has 16 heavy (non-hydrogen) atoms. The van der Waals surface area contributed by atoms with Crippen molar-refractivity contribution in [1.82, 2.24) is 9.36 Å². The van der Waals surface area contributed by atoms with E-state index in [1.54, 1.807) is 0 Å². The van der Waals surface area contributed by atoms with Crippen LogP contribution in [0.1, 0.15) is 12.7 Å². The van der Waals surface area contributed by atoms with Crippen molar-refractivity contribution >= 4 is 17.2 Å². The van der Waals surface area contributed by atoms with Crippen LogP contribution in [0.2, 0.25) is 0 Å². The number of nitrogens with one attached hydrogen (secondary N) is 1. The number of nitrogens with zero attached hydrogens (tertiary/aromatic N) is 2. The molecule has 0 fully saturated rings. The molecule has 0 aliphatic rings. The van der Waals surface area contributed by atoms with Crippen LogP contribution in [0.25, 0.3) is 0 Å². The van der Waals surface area contributed by atoms with Gasteiger partial charge in [-0.25, -0.2) is 0 Å². The molecule has 5 heteroatoms. The van der Waals surface area contributed by atoms with Crippen LogP contribution in [0.5, 0.6) is 10.9 Å². The lowest BCUT2D eigenvalue weighted by Gasteiger charge is -2.02. The average Bonchev–Trinajstić information content (AvgIpc) is 2.78. The summed E-state index contributed by atoms with van der Waals surface area (Å²) in [6.07, 6.45) is 0.832. The molecule has 0 unspecified atom stereocenters. The smallest absolute Gasteiger partial charge is 0.298 e. The van der Waals surface area contributed by atoms with Gasteiger partial charge in [0.2, 0.25) is 0 Å². The molecule has 4 nitrogen and oxygen atoms in total. The maximum atomic E-state index is 5.58. The van der Waals surface area contributed by atoms with Crippen molar-refractivity contribution in [3.8, 4) is 10.9 Å². The van der Waals surface area contributed by atoms with Gasteiger partial charge in [0, 0.05) is 30.7 Å². The van der Waals surface area contributed by atoms with Crippen molar-refractivity contribution in [3.05, 3.63) is 30.1 Å². The fourth-order valence-corrected chi connectivity index (χ4v) is 1.85. The van der Waals surface area contributed by atoms with Crippen LogP contribution in [-0.2, 0) is 6.42 Å². The first-order chi connectivity index (χ1) is 7.81. The fraction of sp³-hybridized carbons (Fsp3) is 0.273. The lowest BCUT2D eigenvalue weighted by atomic mass is 10.3. The highest BCUT2D eigenvalue weighted by Gasteiger charge is 2.04. The normalized spacial score (nSPS) is 10.1. The number of hydrogen-bond donors (Lipinski definition) is 1. The van der Waals surface area contributed by atoms with E-state index in [1.165, 1.54) is 11.5 Å². The van der Waals surface area contributed by atoms with Crippen LogP contribution in [0, 0.1) is 0 Å². The highest BCUT2D eigenvalue weighted by Crippen LogP contribution is 2.24. The molecule has 0 bridgehead atoms. The summed E-state index contributed by atoms with van der Waals surface area (Å²) in [6.45, 7) is 2.02. The Morgan fingerprint density at radius 3 is 2.62 bits per heavy atom. The van der Waals surface area contributed by atoms with Gasteiger partial charge in [0.1, 0.15) is 11.6 Å². The standard InChI is InChI=1S/C11H13N3OS/c1-3-10-13-11(16-14-10)15-9-6-4-8(12-2)5-7-9/h4-7,12H,3H2,1-2H3. The summed E-state index contributed by atoms with van der Waals surface area (Å²) in [5.74, 6) is 1.60. The Kier molecular flexibility index (Phi) is 3.36. The van der Waals surface area contributed by atoms with Crippen molar-refractivity contribution < 1.29 is 4.74 Å². The van der Waals surface area contributed by atoms with Crippen molar-refractivity contribution in [2.24, 2.45) is 0 Å². The van der Waals surface area contributed by atoms with Gasteiger partial charge in [-0.2, -0.15) is 9.36 Å². The summed E-state index contributed by atoms with van der Waals surface area (Å²) in [5, 5.41) is 3.64. The summed E-state index contributed by atoms with van der Waals surface area (Å²) in [4.78, 5) is 4.24. The molecule has 2 aromatic rings. The van der Waals surface area contributed by atoms with E-state index in [0.717, 1.165) is 23.7 Å². The third-order valence-corrected chi connectivity index (χ3v) is 2.75. The van der Waals surface area contributed by atoms with Gasteiger partial charge in [0.25, 0.3) is 5.19 Å². The molecule has 84 valence electrons. The van der Waals surface area contributed by atoms with Crippen LogP contribution in [0.15, 0.2) is 24.3 Å². The first-order valence-corrected chi connectivity index (χ1v) is 5.87. The zero-order valence-electron chi connectivity index (χ0n) is 9.23. The van der Waals surface area contributed by atoms with Crippen molar-refractivity contribution in [2.75, 3.05) is 12.4 Å². The Bertz CT molecular complexity index is 453. The molecular weight excluding hydrogens is 222 g/mol. The van der Waals surface area contributed by atoms with E-state index in [2.05, 4.69) is 14.7 Å². The Hall–Kier alpha value is -1.62. The molecule has 0 spiro atoms. The van der Waals surface area contributed by atoms with E-state index in [9.17, 15) is 0 Å². The van der Waals surface area contributed by atoms with Crippen LogP contribution >= 0.6 is 11.5 Å². The van der Waals surface area contributed by atoms with Gasteiger partial charge in [0.05, 0.1) is 0 Å². The van der Waals surface area contributed by atoms with Gasteiger partial charge >= 0.3 is 0 Å². The van der Waals surface area contributed by atoms with Crippen molar-refractivity contribution in [2.45, 2.75) is 13.3 Å². The lowest BCUT2D eigenvalue weighted by Crippen LogP contribution is -1.88. The number of anilines is 1. The molecule has 0 saturated heterocycles. The molecule has 0 saturated carbocycles. The first-order valence-electron chi connectivity index (χ1n) is 5.10. The molecule has 0 radical (unpaired) electrons. The third kappa shape index (κ3) is 2.49. The Balaban J connectivity index is 2.08. The SMILES string of the molecule is CCc1nsc(Oc2ccc(NC)cc2)n1. The summed E-state index contributed by atoms with van der Waals surface area (Å²) in [5.41, 5.74) is 1.05. The van der Waals surface area contributed by atoms with Gasteiger partial charge in [-0.1, -0.05) is 6.92 Å². The van der Waals surface area contributed by atoms with Crippen LogP contribution in [-0.4, -0.2) is 16.4 Å². The predicted octanol–water partition coefficient (Wildman–Crippen LogP) is 2.93. The molecule has 1 aromatic heterocycles. The minimum Gasteiger partial charge on any atom is -0.430 e. The molecule has 2 rings (SSSR count). The maximum absolute atomic E-state index is 5.58. The van der Waals surface area contributed by atoms with Crippen LogP contribution in [0.4, 0.5) is 5.69 Å². The van der Waals surface area contributed by atoms with Crippen LogP contribution in [0.3, 0.4) is 0 Å². The zero-order chi connectivity index (χ0) is 11.4. The van der Waals surface area contributed by atoms with Gasteiger partial charge in [0.15, 0.2) is 0 Å². The number of benzene rings is 1. The second-order valence-electron chi connectivity index (χ2n) is 3.21. The molecule has 0 aliphatic carbocycles. The predicted molar refractivity (Wildman–Crippen MR) is 65.3 cm³/mol. The quantitative estimate of drug-likeness (QED) is 0.885. The fourth-order valence-electron chi connectivity index (χ4n) is 1.21. The summed E-state index contributed by atoms with van der Waals surface area (Å²) in [7, 11) is 1.88. The van der Waals surface area contributed by atoms with Gasteiger partial charge < -0.3 is 10.1 Å². The monoisotopic (exact) mass is 235 g/mol. The van der Waals surface area contributed by atoms with E-state index >= 15 is 0 Å². The first kappa shape index (κ1) is 10.9. The second kappa shape index (κ2) is 4.94. The number of ether oxygens (including phenoxy) is 1. The van der Waals surface area contributed by atoms with Crippen molar-refractivity contribution in [3.63, 3.8) is 0 Å². The van der Waals surface area contributed by atoms with Gasteiger partial charge in [-0.15, -0.1) is 0 Å². The number of aromatic nitrogens is 2. The summed E-state index contributed by atoms with van der Waals surface area (Å²) in [6, 6.07) is 7.71. The minimum atomic E-state index is 0.592. The molecule has 1 N–H and O–H groups in total. The third-order valence-electron chi connectivity index (χ3n) is 2.11. The summed E-state index contributed by atoms with van der Waals surface area (Å²) >= 11 is 1.28.